The first-order valence-corrected chi connectivity index (χ1v) is 13.2. The van der Waals surface area contributed by atoms with Gasteiger partial charge in [-0.2, -0.15) is 0 Å². The Labute approximate surface area is 202 Å². The van der Waals surface area contributed by atoms with Gasteiger partial charge in [0.15, 0.2) is 0 Å². The summed E-state index contributed by atoms with van der Waals surface area (Å²) in [6, 6.07) is 3.22. The lowest BCUT2D eigenvalue weighted by molar-refractivity contribution is 0.0950. The Kier molecular flexibility index (Phi) is 8.76. The topological polar surface area (TPSA) is 68.4 Å². The molecular weight excluding hydrogens is 432 g/mol. The molecule has 2 aromatic heterocycles. The lowest BCUT2D eigenvalue weighted by atomic mass is 9.89. The van der Waals surface area contributed by atoms with E-state index in [0.717, 1.165) is 41.8 Å². The van der Waals surface area contributed by atoms with Gasteiger partial charge in [-0.05, 0) is 84.2 Å². The van der Waals surface area contributed by atoms with E-state index in [4.69, 9.17) is 0 Å². The van der Waals surface area contributed by atoms with E-state index in [1.165, 1.54) is 30.7 Å². The van der Waals surface area contributed by atoms with Crippen LogP contribution in [0.4, 0.5) is 5.00 Å². The third-order valence-electron chi connectivity index (χ3n) is 7.00. The van der Waals surface area contributed by atoms with Crippen LogP contribution in [0, 0.1) is 13.8 Å². The molecule has 0 aliphatic heterocycles. The minimum absolute atomic E-state index is 0.105. The van der Waals surface area contributed by atoms with Crippen LogP contribution < -0.4 is 15.8 Å². The molecule has 3 rings (SSSR count). The highest BCUT2D eigenvalue weighted by Crippen LogP contribution is 2.36. The van der Waals surface area contributed by atoms with Crippen molar-refractivity contribution in [3.05, 3.63) is 49.7 Å². The van der Waals surface area contributed by atoms with Gasteiger partial charge in [0.2, 0.25) is 0 Å². The molecule has 1 fully saturated rings. The van der Waals surface area contributed by atoms with Gasteiger partial charge in [-0.1, -0.05) is 13.3 Å². The number of aromatic nitrogens is 1. The zero-order chi connectivity index (χ0) is 24.1. The molecule has 182 valence electrons. The van der Waals surface area contributed by atoms with E-state index < -0.39 is 0 Å². The van der Waals surface area contributed by atoms with Crippen molar-refractivity contribution in [1.82, 2.24) is 15.2 Å². The molecule has 1 aliphatic carbocycles. The Bertz CT molecular complexity index is 1000. The summed E-state index contributed by atoms with van der Waals surface area (Å²) in [6.07, 6.45) is 6.60. The van der Waals surface area contributed by atoms with Crippen LogP contribution in [0.5, 0.6) is 0 Å². The average molecular weight is 473 g/mol. The summed E-state index contributed by atoms with van der Waals surface area (Å²) in [4.78, 5) is 33.3. The van der Waals surface area contributed by atoms with Crippen LogP contribution in [0.2, 0.25) is 0 Å². The van der Waals surface area contributed by atoms with Gasteiger partial charge in [0.25, 0.3) is 11.5 Å². The first kappa shape index (κ1) is 25.5. The molecule has 0 atom stereocenters. The number of hydrogen-bond donors (Lipinski definition) is 2. The van der Waals surface area contributed by atoms with Crippen molar-refractivity contribution in [3.63, 3.8) is 0 Å². The summed E-state index contributed by atoms with van der Waals surface area (Å²) in [5, 5.41) is 6.18. The standard InChI is InChI=1S/C26H40N4O2S/c1-7-9-19-14-17(3)28-25(32)22(19)15-27-24(31)23-16-33-26(18(23)4)30(8-2)21-12-10-20(11-13-21)29(5)6/h14,16,20-21H,7-13,15H2,1-6H3,(H,27,31)(H,28,32)/t20-,21-. The number of nitrogens with one attached hydrogen (secondary N) is 2. The summed E-state index contributed by atoms with van der Waals surface area (Å²) in [5.74, 6) is -0.107. The van der Waals surface area contributed by atoms with Crippen molar-refractivity contribution in [3.8, 4) is 0 Å². The lowest BCUT2D eigenvalue weighted by Crippen LogP contribution is -2.42. The van der Waals surface area contributed by atoms with Crippen molar-refractivity contribution in [2.75, 3.05) is 25.5 Å². The Balaban J connectivity index is 1.71. The molecular formula is C26H40N4O2S. The second-order valence-corrected chi connectivity index (χ2v) is 10.4. The number of amides is 1. The molecule has 33 heavy (non-hydrogen) atoms. The predicted octanol–water partition coefficient (Wildman–Crippen LogP) is 4.63. The highest BCUT2D eigenvalue weighted by atomic mass is 32.1. The van der Waals surface area contributed by atoms with Gasteiger partial charge >= 0.3 is 0 Å². The van der Waals surface area contributed by atoms with Crippen LogP contribution in [0.3, 0.4) is 0 Å². The van der Waals surface area contributed by atoms with Crippen molar-refractivity contribution >= 4 is 22.2 Å². The molecule has 2 heterocycles. The maximum atomic E-state index is 13.1. The van der Waals surface area contributed by atoms with Crippen molar-refractivity contribution in [2.45, 2.75) is 84.8 Å². The Morgan fingerprint density at radius 2 is 1.82 bits per heavy atom. The highest BCUT2D eigenvalue weighted by molar-refractivity contribution is 7.14. The van der Waals surface area contributed by atoms with Crippen LogP contribution in [-0.4, -0.2) is 48.5 Å². The van der Waals surface area contributed by atoms with Crippen molar-refractivity contribution < 1.29 is 4.79 Å². The number of nitrogens with zero attached hydrogens (tertiary/aromatic N) is 2. The van der Waals surface area contributed by atoms with Gasteiger partial charge in [-0.15, -0.1) is 11.3 Å². The quantitative estimate of drug-likeness (QED) is 0.558. The molecule has 0 radical (unpaired) electrons. The van der Waals surface area contributed by atoms with Crippen LogP contribution in [-0.2, 0) is 13.0 Å². The molecule has 0 bridgehead atoms. The van der Waals surface area contributed by atoms with Gasteiger partial charge in [-0.25, -0.2) is 0 Å². The second kappa shape index (κ2) is 11.3. The van der Waals surface area contributed by atoms with Gasteiger partial charge in [0.05, 0.1) is 10.6 Å². The first-order valence-electron chi connectivity index (χ1n) is 12.3. The van der Waals surface area contributed by atoms with Crippen LogP contribution in [0.15, 0.2) is 16.2 Å². The minimum Gasteiger partial charge on any atom is -0.361 e. The second-order valence-electron chi connectivity index (χ2n) is 9.51. The number of pyridine rings is 1. The van der Waals surface area contributed by atoms with Gasteiger partial charge in [0, 0.05) is 41.8 Å². The van der Waals surface area contributed by atoms with E-state index in [1.54, 1.807) is 11.3 Å². The molecule has 7 heteroatoms. The average Bonchev–Trinajstić information content (AvgIpc) is 3.15. The minimum atomic E-state index is -0.107. The molecule has 2 N–H and O–H groups in total. The maximum absolute atomic E-state index is 13.1. The number of thiophene rings is 1. The number of aryl methyl sites for hydroxylation is 2. The number of rotatable bonds is 9. The van der Waals surface area contributed by atoms with E-state index in [9.17, 15) is 9.59 Å². The largest absolute Gasteiger partial charge is 0.361 e. The van der Waals surface area contributed by atoms with E-state index in [1.807, 2.05) is 18.4 Å². The Hall–Kier alpha value is -2.12. The fourth-order valence-electron chi connectivity index (χ4n) is 5.10. The fourth-order valence-corrected chi connectivity index (χ4v) is 6.32. The van der Waals surface area contributed by atoms with E-state index in [-0.39, 0.29) is 18.0 Å². The zero-order valence-corrected chi connectivity index (χ0v) is 21.9. The smallest absolute Gasteiger partial charge is 0.253 e. The SMILES string of the molecule is CCCc1cc(C)[nH]c(=O)c1CNC(=O)c1csc(N(CC)[C@H]2CC[C@H](N(C)C)CC2)c1C. The van der Waals surface area contributed by atoms with Gasteiger partial charge < -0.3 is 20.1 Å². The molecule has 0 spiro atoms. The summed E-state index contributed by atoms with van der Waals surface area (Å²) in [7, 11) is 4.35. The van der Waals surface area contributed by atoms with Crippen LogP contribution in [0.1, 0.15) is 78.7 Å². The summed E-state index contributed by atoms with van der Waals surface area (Å²) < 4.78 is 0. The third-order valence-corrected chi connectivity index (χ3v) is 8.12. The maximum Gasteiger partial charge on any atom is 0.253 e. The molecule has 0 saturated heterocycles. The van der Waals surface area contributed by atoms with E-state index >= 15 is 0 Å². The number of anilines is 1. The summed E-state index contributed by atoms with van der Waals surface area (Å²) in [6.45, 7) is 9.44. The van der Waals surface area contributed by atoms with Crippen molar-refractivity contribution in [1.29, 1.82) is 0 Å². The summed E-state index contributed by atoms with van der Waals surface area (Å²) in [5.41, 5.74) is 4.20. The van der Waals surface area contributed by atoms with Crippen LogP contribution >= 0.6 is 11.3 Å². The van der Waals surface area contributed by atoms with Crippen molar-refractivity contribution in [2.24, 2.45) is 0 Å². The number of hydrogen-bond acceptors (Lipinski definition) is 5. The van der Waals surface area contributed by atoms with Gasteiger partial charge in [0.1, 0.15) is 0 Å². The normalized spacial score (nSPS) is 18.5. The predicted molar refractivity (Wildman–Crippen MR) is 139 cm³/mol. The first-order chi connectivity index (χ1) is 15.8. The number of carbonyl (C=O) groups is 1. The van der Waals surface area contributed by atoms with E-state index in [0.29, 0.717) is 17.6 Å². The molecule has 1 aliphatic rings. The molecule has 6 nitrogen and oxygen atoms in total. The Morgan fingerprint density at radius 3 is 2.42 bits per heavy atom. The molecule has 1 amide bonds. The zero-order valence-electron chi connectivity index (χ0n) is 21.1. The van der Waals surface area contributed by atoms with E-state index in [2.05, 4.69) is 55.0 Å². The number of carbonyl (C=O) groups excluding carboxylic acids is 1. The monoisotopic (exact) mass is 472 g/mol. The number of H-pyrrole nitrogens is 1. The molecule has 0 unspecified atom stereocenters. The van der Waals surface area contributed by atoms with Crippen LogP contribution in [0.25, 0.3) is 0 Å². The number of aromatic amines is 1. The Morgan fingerprint density at radius 1 is 1.15 bits per heavy atom. The lowest BCUT2D eigenvalue weighted by Gasteiger charge is -2.39. The fraction of sp³-hybridized carbons (Fsp3) is 0.615. The van der Waals surface area contributed by atoms with Gasteiger partial charge in [-0.3, -0.25) is 9.59 Å². The molecule has 1 saturated carbocycles. The third kappa shape index (κ3) is 5.87. The molecule has 2 aromatic rings. The highest BCUT2D eigenvalue weighted by Gasteiger charge is 2.28. The molecule has 0 aromatic carbocycles. The summed E-state index contributed by atoms with van der Waals surface area (Å²) >= 11 is 1.66.